The van der Waals surface area contributed by atoms with Gasteiger partial charge < -0.3 is 30.0 Å². The molecule has 1 aliphatic heterocycles. The first-order valence-electron chi connectivity index (χ1n) is 13.4. The van der Waals surface area contributed by atoms with E-state index in [0.29, 0.717) is 38.1 Å². The molecule has 3 N–H and O–H groups in total. The molecular formula is C30H34F4N2O6. The van der Waals surface area contributed by atoms with Crippen molar-refractivity contribution in [3.63, 3.8) is 0 Å². The summed E-state index contributed by atoms with van der Waals surface area (Å²) in [5.41, 5.74) is -3.19. The van der Waals surface area contributed by atoms with E-state index in [1.165, 1.54) is 25.1 Å². The SMILES string of the molecule is COC(=O)C1=C(C(F)(F)F)NC(C)=C(C(=O)OCCCCCNCC(O)COc2ccccc2)C1c1ccccc1F. The number of allylic oxidation sites excluding steroid dienone is 2. The second kappa shape index (κ2) is 15.4. The number of benzene rings is 2. The second-order valence-corrected chi connectivity index (χ2v) is 9.57. The van der Waals surface area contributed by atoms with Crippen LogP contribution in [0.1, 0.15) is 37.7 Å². The molecular weight excluding hydrogens is 560 g/mol. The van der Waals surface area contributed by atoms with E-state index < -0.39 is 47.2 Å². The molecule has 1 aliphatic rings. The topological polar surface area (TPSA) is 106 Å². The maximum Gasteiger partial charge on any atom is 0.431 e. The Balaban J connectivity index is 1.55. The summed E-state index contributed by atoms with van der Waals surface area (Å²) in [6, 6.07) is 14.1. The van der Waals surface area contributed by atoms with E-state index in [1.54, 1.807) is 12.1 Å². The summed E-state index contributed by atoms with van der Waals surface area (Å²) in [6.07, 6.45) is -3.91. The maximum atomic E-state index is 14.8. The van der Waals surface area contributed by atoms with Gasteiger partial charge in [0.1, 0.15) is 30.0 Å². The Kier molecular flexibility index (Phi) is 11.9. The number of para-hydroxylation sites is 1. The number of hydrogen-bond acceptors (Lipinski definition) is 8. The number of aliphatic hydroxyl groups is 1. The van der Waals surface area contributed by atoms with Crippen LogP contribution >= 0.6 is 0 Å². The van der Waals surface area contributed by atoms with Crippen molar-refractivity contribution in [2.75, 3.05) is 33.4 Å². The smallest absolute Gasteiger partial charge is 0.431 e. The molecule has 0 aliphatic carbocycles. The number of alkyl halides is 3. The van der Waals surface area contributed by atoms with Gasteiger partial charge in [0.05, 0.1) is 30.8 Å². The Hall–Kier alpha value is -3.90. The molecule has 42 heavy (non-hydrogen) atoms. The Morgan fingerprint density at radius 3 is 2.36 bits per heavy atom. The zero-order valence-electron chi connectivity index (χ0n) is 23.3. The highest BCUT2D eigenvalue weighted by Gasteiger charge is 2.48. The molecule has 0 amide bonds. The molecule has 1 heterocycles. The van der Waals surface area contributed by atoms with Gasteiger partial charge in [-0.2, -0.15) is 13.2 Å². The third kappa shape index (κ3) is 8.80. The summed E-state index contributed by atoms with van der Waals surface area (Å²) >= 11 is 0. The van der Waals surface area contributed by atoms with Gasteiger partial charge in [0.15, 0.2) is 0 Å². The lowest BCUT2D eigenvalue weighted by atomic mass is 9.80. The Morgan fingerprint density at radius 2 is 1.69 bits per heavy atom. The number of methoxy groups -OCH3 is 1. The zero-order valence-corrected chi connectivity index (χ0v) is 23.3. The molecule has 228 valence electrons. The van der Waals surface area contributed by atoms with Gasteiger partial charge in [0, 0.05) is 17.8 Å². The molecule has 2 atom stereocenters. The van der Waals surface area contributed by atoms with E-state index in [-0.39, 0.29) is 30.0 Å². The third-order valence-electron chi connectivity index (χ3n) is 6.48. The summed E-state index contributed by atoms with van der Waals surface area (Å²) < 4.78 is 72.1. The maximum absolute atomic E-state index is 14.8. The molecule has 3 rings (SSSR count). The van der Waals surface area contributed by atoms with Crippen molar-refractivity contribution in [3.05, 3.63) is 88.5 Å². The molecule has 0 spiro atoms. The number of ether oxygens (including phenoxy) is 3. The summed E-state index contributed by atoms with van der Waals surface area (Å²) in [7, 11) is 0.902. The van der Waals surface area contributed by atoms with Gasteiger partial charge in [-0.3, -0.25) is 0 Å². The number of hydrogen-bond donors (Lipinski definition) is 3. The van der Waals surface area contributed by atoms with Gasteiger partial charge in [-0.25, -0.2) is 14.0 Å². The van der Waals surface area contributed by atoms with Crippen LogP contribution in [0.4, 0.5) is 17.6 Å². The molecule has 0 radical (unpaired) electrons. The highest BCUT2D eigenvalue weighted by molar-refractivity contribution is 6.00. The minimum atomic E-state index is -5.01. The van der Waals surface area contributed by atoms with E-state index in [1.807, 2.05) is 18.2 Å². The van der Waals surface area contributed by atoms with Gasteiger partial charge in [-0.05, 0) is 50.9 Å². The number of nitrogens with one attached hydrogen (secondary N) is 2. The highest BCUT2D eigenvalue weighted by atomic mass is 19.4. The van der Waals surface area contributed by atoms with E-state index in [0.717, 1.165) is 13.2 Å². The standard InChI is InChI=1S/C30H34F4N2O6/c1-19-24(25(22-13-7-8-14-23(22)31)26(28(38)40-2)27(36-19)30(32,33)34)29(39)41-16-10-4-9-15-35-17-20(37)18-42-21-11-5-3-6-12-21/h3,5-8,11-14,20,25,35-37H,4,9-10,15-18H2,1-2H3. The summed E-state index contributed by atoms with van der Waals surface area (Å²) in [6.45, 7) is 2.25. The minimum absolute atomic E-state index is 0.0451. The molecule has 0 saturated carbocycles. The third-order valence-corrected chi connectivity index (χ3v) is 6.48. The van der Waals surface area contributed by atoms with E-state index in [4.69, 9.17) is 9.47 Å². The molecule has 0 fully saturated rings. The van der Waals surface area contributed by atoms with Crippen molar-refractivity contribution in [2.45, 2.75) is 44.4 Å². The monoisotopic (exact) mass is 594 g/mol. The van der Waals surface area contributed by atoms with Crippen LogP contribution in [0.5, 0.6) is 5.75 Å². The first-order chi connectivity index (χ1) is 20.0. The molecule has 0 saturated heterocycles. The van der Waals surface area contributed by atoms with Crippen LogP contribution in [0.3, 0.4) is 0 Å². The first kappa shape index (κ1) is 32.6. The zero-order chi connectivity index (χ0) is 30.7. The first-order valence-corrected chi connectivity index (χ1v) is 13.4. The fraction of sp³-hybridized carbons (Fsp3) is 0.400. The largest absolute Gasteiger partial charge is 0.491 e. The second-order valence-electron chi connectivity index (χ2n) is 9.57. The molecule has 2 unspecified atom stereocenters. The van der Waals surface area contributed by atoms with Gasteiger partial charge in [-0.1, -0.05) is 36.4 Å². The fourth-order valence-corrected chi connectivity index (χ4v) is 4.48. The number of carbonyl (C=O) groups excluding carboxylic acids is 2. The van der Waals surface area contributed by atoms with Crippen molar-refractivity contribution in [2.24, 2.45) is 0 Å². The molecule has 0 aromatic heterocycles. The van der Waals surface area contributed by atoms with Crippen molar-refractivity contribution >= 4 is 11.9 Å². The lowest BCUT2D eigenvalue weighted by Gasteiger charge is -2.32. The number of halogens is 4. The van der Waals surface area contributed by atoms with Crippen LogP contribution < -0.4 is 15.4 Å². The van der Waals surface area contributed by atoms with E-state index in [9.17, 15) is 32.3 Å². The molecule has 2 aromatic carbocycles. The molecule has 2 aromatic rings. The summed E-state index contributed by atoms with van der Waals surface area (Å²) in [5.74, 6) is -4.26. The number of dihydropyridines is 1. The van der Waals surface area contributed by atoms with Crippen molar-refractivity contribution in [1.29, 1.82) is 0 Å². The minimum Gasteiger partial charge on any atom is -0.491 e. The fourth-order valence-electron chi connectivity index (χ4n) is 4.48. The number of rotatable bonds is 14. The van der Waals surface area contributed by atoms with Crippen molar-refractivity contribution in [1.82, 2.24) is 10.6 Å². The molecule has 12 heteroatoms. The van der Waals surface area contributed by atoms with Crippen LogP contribution in [0, 0.1) is 5.82 Å². The van der Waals surface area contributed by atoms with Crippen LogP contribution in [-0.2, 0) is 19.1 Å². The van der Waals surface area contributed by atoms with E-state index >= 15 is 0 Å². The Labute approximate surface area is 241 Å². The number of aliphatic hydroxyl groups excluding tert-OH is 1. The van der Waals surface area contributed by atoms with Crippen LogP contribution in [0.15, 0.2) is 77.1 Å². The average molecular weight is 595 g/mol. The lowest BCUT2D eigenvalue weighted by molar-refractivity contribution is -0.140. The van der Waals surface area contributed by atoms with Crippen LogP contribution in [-0.4, -0.2) is 62.7 Å². The summed E-state index contributed by atoms with van der Waals surface area (Å²) in [4.78, 5) is 25.7. The van der Waals surface area contributed by atoms with E-state index in [2.05, 4.69) is 15.4 Å². The lowest BCUT2D eigenvalue weighted by Crippen LogP contribution is -2.38. The van der Waals surface area contributed by atoms with Crippen LogP contribution in [0.25, 0.3) is 0 Å². The Morgan fingerprint density at radius 1 is 1.00 bits per heavy atom. The van der Waals surface area contributed by atoms with Gasteiger partial charge in [0.25, 0.3) is 0 Å². The highest BCUT2D eigenvalue weighted by Crippen LogP contribution is 2.44. The van der Waals surface area contributed by atoms with Gasteiger partial charge >= 0.3 is 18.1 Å². The number of carbonyl (C=O) groups is 2. The van der Waals surface area contributed by atoms with Gasteiger partial charge in [0.2, 0.25) is 0 Å². The van der Waals surface area contributed by atoms with Crippen molar-refractivity contribution < 1.29 is 46.5 Å². The quantitative estimate of drug-likeness (QED) is 0.167. The molecule has 0 bridgehead atoms. The normalized spacial score (nSPS) is 16.1. The van der Waals surface area contributed by atoms with Crippen molar-refractivity contribution in [3.8, 4) is 5.75 Å². The predicted molar refractivity (Wildman–Crippen MR) is 146 cm³/mol. The van der Waals surface area contributed by atoms with Crippen LogP contribution in [0.2, 0.25) is 0 Å². The Bertz CT molecular complexity index is 1280. The summed E-state index contributed by atoms with van der Waals surface area (Å²) in [5, 5.41) is 15.2. The average Bonchev–Trinajstić information content (AvgIpc) is 2.96. The van der Waals surface area contributed by atoms with Gasteiger partial charge in [-0.15, -0.1) is 0 Å². The number of esters is 2. The number of unbranched alkanes of at least 4 members (excludes halogenated alkanes) is 2. The predicted octanol–water partition coefficient (Wildman–Crippen LogP) is 4.52. The molecule has 8 nitrogen and oxygen atoms in total.